The van der Waals surface area contributed by atoms with E-state index in [1.807, 2.05) is 57.2 Å². The summed E-state index contributed by atoms with van der Waals surface area (Å²) in [4.78, 5) is 19.1. The highest BCUT2D eigenvalue weighted by Gasteiger charge is 2.34. The largest absolute Gasteiger partial charge is 0.493 e. The molecule has 9 nitrogen and oxygen atoms in total. The zero-order valence-corrected chi connectivity index (χ0v) is 20.6. The number of rotatable bonds is 11. The van der Waals surface area contributed by atoms with E-state index in [9.17, 15) is 4.79 Å². The van der Waals surface area contributed by atoms with Gasteiger partial charge >= 0.3 is 0 Å². The SMILES string of the molecule is CCOc1ccc(-c2noc(C3CC(=O)N(Cc4ccc(OCC)c(OCC)c4)C3)n2)cc1OC. The van der Waals surface area contributed by atoms with E-state index in [1.54, 1.807) is 12.0 Å². The van der Waals surface area contributed by atoms with Crippen LogP contribution in [0.1, 0.15) is 44.6 Å². The van der Waals surface area contributed by atoms with Crippen LogP contribution in [-0.4, -0.2) is 54.4 Å². The molecule has 1 amide bonds. The average Bonchev–Trinajstić information content (AvgIpc) is 3.49. The summed E-state index contributed by atoms with van der Waals surface area (Å²) in [5, 5.41) is 4.13. The van der Waals surface area contributed by atoms with Gasteiger partial charge in [0.05, 0.1) is 32.8 Å². The van der Waals surface area contributed by atoms with Crippen molar-refractivity contribution in [3.63, 3.8) is 0 Å². The second-order valence-electron chi connectivity index (χ2n) is 8.08. The lowest BCUT2D eigenvalue weighted by atomic mass is 10.1. The maximum Gasteiger partial charge on any atom is 0.232 e. The molecule has 2 aromatic carbocycles. The van der Waals surface area contributed by atoms with Crippen molar-refractivity contribution in [1.82, 2.24) is 15.0 Å². The Labute approximate surface area is 204 Å². The summed E-state index contributed by atoms with van der Waals surface area (Å²) in [7, 11) is 1.59. The molecule has 0 N–H and O–H groups in total. The van der Waals surface area contributed by atoms with E-state index in [4.69, 9.17) is 23.5 Å². The maximum absolute atomic E-state index is 12.8. The van der Waals surface area contributed by atoms with Gasteiger partial charge in [0.25, 0.3) is 0 Å². The highest BCUT2D eigenvalue weighted by molar-refractivity contribution is 5.79. The molecule has 35 heavy (non-hydrogen) atoms. The molecule has 0 saturated carbocycles. The highest BCUT2D eigenvalue weighted by atomic mass is 16.5. The van der Waals surface area contributed by atoms with E-state index in [0.717, 1.165) is 11.1 Å². The lowest BCUT2D eigenvalue weighted by Gasteiger charge is -2.18. The van der Waals surface area contributed by atoms with Gasteiger partial charge in [0, 0.05) is 25.1 Å². The summed E-state index contributed by atoms with van der Waals surface area (Å²) in [6, 6.07) is 11.3. The number of hydrogen-bond acceptors (Lipinski definition) is 8. The molecule has 1 atom stereocenters. The first-order valence-corrected chi connectivity index (χ1v) is 11.9. The summed E-state index contributed by atoms with van der Waals surface area (Å²) >= 11 is 0. The van der Waals surface area contributed by atoms with Crippen molar-refractivity contribution >= 4 is 5.91 Å². The lowest BCUT2D eigenvalue weighted by Crippen LogP contribution is -2.24. The fourth-order valence-corrected chi connectivity index (χ4v) is 4.10. The van der Waals surface area contributed by atoms with E-state index >= 15 is 0 Å². The molecule has 0 bridgehead atoms. The number of carbonyl (C=O) groups excluding carboxylic acids is 1. The van der Waals surface area contributed by atoms with Gasteiger partial charge in [-0.1, -0.05) is 11.2 Å². The predicted molar refractivity (Wildman–Crippen MR) is 129 cm³/mol. The molecule has 1 aliphatic rings. The van der Waals surface area contributed by atoms with Crippen LogP contribution in [0.15, 0.2) is 40.9 Å². The van der Waals surface area contributed by atoms with Crippen molar-refractivity contribution in [2.75, 3.05) is 33.5 Å². The molecule has 1 fully saturated rings. The minimum Gasteiger partial charge on any atom is -0.493 e. The van der Waals surface area contributed by atoms with Gasteiger partial charge in [-0.2, -0.15) is 4.98 Å². The fraction of sp³-hybridized carbons (Fsp3) is 0.423. The van der Waals surface area contributed by atoms with Gasteiger partial charge in [0.15, 0.2) is 23.0 Å². The van der Waals surface area contributed by atoms with Gasteiger partial charge in [-0.3, -0.25) is 4.79 Å². The van der Waals surface area contributed by atoms with Crippen LogP contribution < -0.4 is 18.9 Å². The first-order chi connectivity index (χ1) is 17.1. The van der Waals surface area contributed by atoms with Crippen LogP contribution in [-0.2, 0) is 11.3 Å². The quantitative estimate of drug-likeness (QED) is 0.396. The van der Waals surface area contributed by atoms with Crippen molar-refractivity contribution in [1.29, 1.82) is 0 Å². The molecule has 4 rings (SSSR count). The fourth-order valence-electron chi connectivity index (χ4n) is 4.10. The number of likely N-dealkylation sites (tertiary alicyclic amines) is 1. The molecule has 1 aliphatic heterocycles. The number of benzene rings is 2. The van der Waals surface area contributed by atoms with E-state index in [1.165, 1.54) is 0 Å². The zero-order valence-electron chi connectivity index (χ0n) is 20.6. The Morgan fingerprint density at radius 1 is 0.943 bits per heavy atom. The number of carbonyl (C=O) groups is 1. The monoisotopic (exact) mass is 481 g/mol. The third-order valence-electron chi connectivity index (χ3n) is 5.71. The third-order valence-corrected chi connectivity index (χ3v) is 5.71. The molecule has 1 saturated heterocycles. The maximum atomic E-state index is 12.8. The Morgan fingerprint density at radius 3 is 2.34 bits per heavy atom. The van der Waals surface area contributed by atoms with Crippen LogP contribution in [0, 0.1) is 0 Å². The Kier molecular flexibility index (Phi) is 7.74. The zero-order chi connectivity index (χ0) is 24.8. The Balaban J connectivity index is 1.46. The Hall–Kier alpha value is -3.75. The van der Waals surface area contributed by atoms with Crippen LogP contribution in [0.3, 0.4) is 0 Å². The van der Waals surface area contributed by atoms with Crippen molar-refractivity contribution in [3.8, 4) is 34.4 Å². The molecule has 0 spiro atoms. The minimum absolute atomic E-state index is 0.0457. The minimum atomic E-state index is -0.164. The molecule has 2 heterocycles. The first kappa shape index (κ1) is 24.4. The van der Waals surface area contributed by atoms with Gasteiger partial charge in [-0.15, -0.1) is 0 Å². The van der Waals surface area contributed by atoms with E-state index in [2.05, 4.69) is 10.1 Å². The summed E-state index contributed by atoms with van der Waals surface area (Å²) in [5.41, 5.74) is 1.72. The average molecular weight is 482 g/mol. The smallest absolute Gasteiger partial charge is 0.232 e. The standard InChI is InChI=1S/C26H31N3O6/c1-5-32-20-11-9-18(13-22(20)31-4)25-27-26(35-28-25)19-14-24(30)29(16-19)15-17-8-10-21(33-6-2)23(12-17)34-7-3/h8-13,19H,5-7,14-16H2,1-4H3. The predicted octanol–water partition coefficient (Wildman–Crippen LogP) is 4.46. The number of aromatic nitrogens is 2. The topological polar surface area (TPSA) is 96.2 Å². The van der Waals surface area contributed by atoms with Gasteiger partial charge in [0.2, 0.25) is 17.6 Å². The Morgan fingerprint density at radius 2 is 1.63 bits per heavy atom. The molecule has 186 valence electrons. The second kappa shape index (κ2) is 11.1. The van der Waals surface area contributed by atoms with E-state index in [0.29, 0.717) is 74.0 Å². The van der Waals surface area contributed by atoms with E-state index in [-0.39, 0.29) is 11.8 Å². The van der Waals surface area contributed by atoms with E-state index < -0.39 is 0 Å². The van der Waals surface area contributed by atoms with Crippen molar-refractivity contribution in [3.05, 3.63) is 47.9 Å². The third kappa shape index (κ3) is 5.50. The molecule has 0 radical (unpaired) electrons. The number of methoxy groups -OCH3 is 1. The van der Waals surface area contributed by atoms with Crippen molar-refractivity contribution in [2.45, 2.75) is 39.7 Å². The van der Waals surface area contributed by atoms with Gasteiger partial charge in [-0.05, 0) is 56.7 Å². The van der Waals surface area contributed by atoms with Crippen molar-refractivity contribution in [2.24, 2.45) is 0 Å². The second-order valence-corrected chi connectivity index (χ2v) is 8.08. The van der Waals surface area contributed by atoms with Gasteiger partial charge in [-0.25, -0.2) is 0 Å². The highest BCUT2D eigenvalue weighted by Crippen LogP contribution is 2.34. The van der Waals surface area contributed by atoms with Crippen LogP contribution in [0.5, 0.6) is 23.0 Å². The van der Waals surface area contributed by atoms with Crippen LogP contribution >= 0.6 is 0 Å². The van der Waals surface area contributed by atoms with Gasteiger partial charge < -0.3 is 28.4 Å². The number of ether oxygens (including phenoxy) is 4. The number of nitrogens with zero attached hydrogens (tertiary/aromatic N) is 3. The molecule has 1 unspecified atom stereocenters. The normalized spacial score (nSPS) is 15.4. The van der Waals surface area contributed by atoms with Crippen molar-refractivity contribution < 1.29 is 28.3 Å². The van der Waals surface area contributed by atoms with Crippen LogP contribution in [0.2, 0.25) is 0 Å². The molecule has 9 heteroatoms. The summed E-state index contributed by atoms with van der Waals surface area (Å²) in [6.45, 7) is 8.39. The van der Waals surface area contributed by atoms with Crippen LogP contribution in [0.4, 0.5) is 0 Å². The summed E-state index contributed by atoms with van der Waals surface area (Å²) < 4.78 is 27.9. The summed E-state index contributed by atoms with van der Waals surface area (Å²) in [5.74, 6) is 3.41. The molecule has 0 aliphatic carbocycles. The number of hydrogen-bond donors (Lipinski definition) is 0. The summed E-state index contributed by atoms with van der Waals surface area (Å²) in [6.07, 6.45) is 0.323. The molecular weight excluding hydrogens is 450 g/mol. The first-order valence-electron chi connectivity index (χ1n) is 11.9. The van der Waals surface area contributed by atoms with Crippen LogP contribution in [0.25, 0.3) is 11.4 Å². The Bertz CT molecular complexity index is 1160. The van der Waals surface area contributed by atoms with Gasteiger partial charge in [0.1, 0.15) is 0 Å². The molecule has 1 aromatic heterocycles. The number of amides is 1. The lowest BCUT2D eigenvalue weighted by molar-refractivity contribution is -0.128. The molecule has 3 aromatic rings. The molecular formula is C26H31N3O6.